The Bertz CT molecular complexity index is 1390. The molecule has 0 aliphatic rings. The van der Waals surface area contributed by atoms with E-state index in [1.807, 2.05) is 59.4 Å². The van der Waals surface area contributed by atoms with Gasteiger partial charge in [0.15, 0.2) is 11.7 Å². The van der Waals surface area contributed by atoms with E-state index in [1.165, 1.54) is 5.56 Å². The van der Waals surface area contributed by atoms with Crippen molar-refractivity contribution in [3.8, 4) is 22.5 Å². The maximum absolute atomic E-state index is 12.5. The number of carbonyl (C=O) groups excluding carboxylic acids is 1. The molecule has 0 atom stereocenters. The van der Waals surface area contributed by atoms with Gasteiger partial charge in [-0.15, -0.1) is 0 Å². The minimum Gasteiger partial charge on any atom is -0.441 e. The number of hydrogen-bond donors (Lipinski definition) is 1. The summed E-state index contributed by atoms with van der Waals surface area (Å²) >= 11 is 0. The Morgan fingerprint density at radius 2 is 1.69 bits per heavy atom. The van der Waals surface area contributed by atoms with Crippen LogP contribution >= 0.6 is 0 Å². The van der Waals surface area contributed by atoms with Crippen molar-refractivity contribution in [2.24, 2.45) is 0 Å². The lowest BCUT2D eigenvalue weighted by Crippen LogP contribution is -2.22. The molecule has 2 aromatic heterocycles. The van der Waals surface area contributed by atoms with Crippen molar-refractivity contribution in [1.29, 1.82) is 0 Å². The van der Waals surface area contributed by atoms with Crippen LogP contribution < -0.4 is 5.32 Å². The number of rotatable bonds is 10. The summed E-state index contributed by atoms with van der Waals surface area (Å²) in [7, 11) is 0. The van der Waals surface area contributed by atoms with Crippen molar-refractivity contribution >= 4 is 5.91 Å². The molecule has 0 saturated heterocycles. The van der Waals surface area contributed by atoms with Crippen LogP contribution in [0.15, 0.2) is 108 Å². The van der Waals surface area contributed by atoms with Gasteiger partial charge in [-0.1, -0.05) is 78.9 Å². The predicted molar refractivity (Wildman–Crippen MR) is 140 cm³/mol. The Balaban J connectivity index is 1.12. The van der Waals surface area contributed by atoms with Crippen molar-refractivity contribution in [3.63, 3.8) is 0 Å². The van der Waals surface area contributed by atoms with Crippen LogP contribution in [0.3, 0.4) is 0 Å². The Morgan fingerprint density at radius 3 is 2.50 bits per heavy atom. The van der Waals surface area contributed by atoms with E-state index in [0.29, 0.717) is 31.7 Å². The summed E-state index contributed by atoms with van der Waals surface area (Å²) in [5.41, 5.74) is 5.53. The molecule has 180 valence electrons. The Hall–Kier alpha value is -4.45. The molecule has 6 heteroatoms. The van der Waals surface area contributed by atoms with Gasteiger partial charge in [-0.3, -0.25) is 9.48 Å². The molecule has 1 amide bonds. The summed E-state index contributed by atoms with van der Waals surface area (Å²) in [5.74, 6) is 1.43. The van der Waals surface area contributed by atoms with E-state index in [0.717, 1.165) is 34.6 Å². The lowest BCUT2D eigenvalue weighted by Gasteiger charge is -2.12. The Morgan fingerprint density at radius 1 is 0.889 bits per heavy atom. The van der Waals surface area contributed by atoms with Gasteiger partial charge in [0.05, 0.1) is 12.7 Å². The van der Waals surface area contributed by atoms with Crippen LogP contribution in [-0.2, 0) is 24.3 Å². The molecule has 0 aliphatic heterocycles. The molecule has 0 radical (unpaired) electrons. The third-order valence-corrected chi connectivity index (χ3v) is 6.07. The molecule has 2 heterocycles. The molecule has 0 unspecified atom stereocenters. The molecule has 3 aromatic carbocycles. The summed E-state index contributed by atoms with van der Waals surface area (Å²) in [6, 6.07) is 28.5. The summed E-state index contributed by atoms with van der Waals surface area (Å²) in [4.78, 5) is 16.9. The number of nitrogens with zero attached hydrogens (tertiary/aromatic N) is 3. The third-order valence-electron chi connectivity index (χ3n) is 6.07. The fourth-order valence-corrected chi connectivity index (χ4v) is 4.17. The van der Waals surface area contributed by atoms with Crippen LogP contribution in [0.4, 0.5) is 0 Å². The standard InChI is InChI=1S/C30H28N4O2/c35-29(12-6-13-30-32-21-28(36-30)25-8-2-1-3-9-25)31-20-26-10-4-5-11-27(26)24-16-14-23(15-17-24)22-34-19-7-18-33-34/h1-5,7-11,14-19,21H,6,12-13,20,22H2,(H,31,35). The molecule has 0 saturated carbocycles. The number of amides is 1. The fourth-order valence-electron chi connectivity index (χ4n) is 4.17. The van der Waals surface area contributed by atoms with E-state index in [9.17, 15) is 4.79 Å². The molecule has 0 fully saturated rings. The molecule has 0 aliphatic carbocycles. The molecular formula is C30H28N4O2. The van der Waals surface area contributed by atoms with Crippen molar-refractivity contribution in [2.75, 3.05) is 0 Å². The highest BCUT2D eigenvalue weighted by Gasteiger charge is 2.10. The fraction of sp³-hybridized carbons (Fsp3) is 0.167. The Labute approximate surface area is 210 Å². The second-order valence-corrected chi connectivity index (χ2v) is 8.67. The minimum absolute atomic E-state index is 0.0224. The third kappa shape index (κ3) is 5.96. The number of nitrogens with one attached hydrogen (secondary N) is 1. The van der Waals surface area contributed by atoms with Crippen LogP contribution in [0, 0.1) is 0 Å². The number of aromatic nitrogens is 3. The SMILES string of the molecule is O=C(CCCc1ncc(-c2ccccc2)o1)NCc1ccccc1-c1ccc(Cn2cccn2)cc1. The molecule has 6 nitrogen and oxygen atoms in total. The van der Waals surface area contributed by atoms with Crippen molar-refractivity contribution in [2.45, 2.75) is 32.4 Å². The van der Waals surface area contributed by atoms with E-state index >= 15 is 0 Å². The highest BCUT2D eigenvalue weighted by atomic mass is 16.4. The summed E-state index contributed by atoms with van der Waals surface area (Å²) in [5, 5.41) is 7.33. The zero-order valence-corrected chi connectivity index (χ0v) is 20.0. The van der Waals surface area contributed by atoms with Gasteiger partial charge in [-0.2, -0.15) is 5.10 Å². The van der Waals surface area contributed by atoms with Crippen LogP contribution in [0.5, 0.6) is 0 Å². The lowest BCUT2D eigenvalue weighted by molar-refractivity contribution is -0.121. The summed E-state index contributed by atoms with van der Waals surface area (Å²) < 4.78 is 7.74. The van der Waals surface area contributed by atoms with Crippen LogP contribution in [-0.4, -0.2) is 20.7 Å². The topological polar surface area (TPSA) is 73.0 Å². The van der Waals surface area contributed by atoms with Gasteiger partial charge >= 0.3 is 0 Å². The van der Waals surface area contributed by atoms with Gasteiger partial charge in [0.2, 0.25) is 5.91 Å². The summed E-state index contributed by atoms with van der Waals surface area (Å²) in [6.07, 6.45) is 7.22. The normalized spacial score (nSPS) is 10.9. The Kier molecular flexibility index (Phi) is 7.32. The largest absolute Gasteiger partial charge is 0.441 e. The molecule has 5 rings (SSSR count). The van der Waals surface area contributed by atoms with Gasteiger partial charge in [0.1, 0.15) is 0 Å². The maximum Gasteiger partial charge on any atom is 0.220 e. The zero-order valence-electron chi connectivity index (χ0n) is 20.0. The van der Waals surface area contributed by atoms with Gasteiger partial charge < -0.3 is 9.73 Å². The second-order valence-electron chi connectivity index (χ2n) is 8.67. The highest BCUT2D eigenvalue weighted by molar-refractivity contribution is 5.76. The van der Waals surface area contributed by atoms with Crippen LogP contribution in [0.2, 0.25) is 0 Å². The van der Waals surface area contributed by atoms with E-state index in [1.54, 1.807) is 12.4 Å². The number of hydrogen-bond acceptors (Lipinski definition) is 4. The second kappa shape index (κ2) is 11.3. The first kappa shape index (κ1) is 23.3. The molecule has 0 spiro atoms. The quantitative estimate of drug-likeness (QED) is 0.273. The average molecular weight is 477 g/mol. The van der Waals surface area contributed by atoms with Gasteiger partial charge in [-0.05, 0) is 34.7 Å². The van der Waals surface area contributed by atoms with E-state index < -0.39 is 0 Å². The van der Waals surface area contributed by atoms with E-state index in [-0.39, 0.29) is 5.91 Å². The minimum atomic E-state index is 0.0224. The molecule has 36 heavy (non-hydrogen) atoms. The number of carbonyl (C=O) groups is 1. The number of benzene rings is 3. The van der Waals surface area contributed by atoms with Crippen molar-refractivity contribution in [1.82, 2.24) is 20.1 Å². The van der Waals surface area contributed by atoms with Gasteiger partial charge in [-0.25, -0.2) is 4.98 Å². The maximum atomic E-state index is 12.5. The monoisotopic (exact) mass is 476 g/mol. The smallest absolute Gasteiger partial charge is 0.220 e. The number of aryl methyl sites for hydroxylation is 1. The first-order chi connectivity index (χ1) is 17.7. The first-order valence-electron chi connectivity index (χ1n) is 12.2. The van der Waals surface area contributed by atoms with Gasteiger partial charge in [0, 0.05) is 37.3 Å². The van der Waals surface area contributed by atoms with E-state index in [4.69, 9.17) is 4.42 Å². The molecule has 0 bridgehead atoms. The average Bonchev–Trinajstić information content (AvgIpc) is 3.61. The zero-order chi connectivity index (χ0) is 24.6. The lowest BCUT2D eigenvalue weighted by atomic mass is 9.98. The van der Waals surface area contributed by atoms with Crippen LogP contribution in [0.25, 0.3) is 22.5 Å². The molecule has 5 aromatic rings. The van der Waals surface area contributed by atoms with Crippen molar-refractivity contribution in [3.05, 3.63) is 121 Å². The first-order valence-corrected chi connectivity index (χ1v) is 12.2. The van der Waals surface area contributed by atoms with Crippen molar-refractivity contribution < 1.29 is 9.21 Å². The number of oxazole rings is 1. The highest BCUT2D eigenvalue weighted by Crippen LogP contribution is 2.24. The summed E-state index contributed by atoms with van der Waals surface area (Å²) in [6.45, 7) is 1.23. The van der Waals surface area contributed by atoms with Crippen LogP contribution in [0.1, 0.15) is 29.9 Å². The predicted octanol–water partition coefficient (Wildman–Crippen LogP) is 5.89. The van der Waals surface area contributed by atoms with Gasteiger partial charge in [0.25, 0.3) is 0 Å². The molecule has 1 N–H and O–H groups in total. The molecular weight excluding hydrogens is 448 g/mol. The van der Waals surface area contributed by atoms with E-state index in [2.05, 4.69) is 51.8 Å².